The largest absolute Gasteiger partial charge is 0.399 e. The highest BCUT2D eigenvalue weighted by molar-refractivity contribution is 7.98. The van der Waals surface area contributed by atoms with Crippen LogP contribution in [-0.2, 0) is 0 Å². The first-order valence-corrected chi connectivity index (χ1v) is 6.57. The zero-order chi connectivity index (χ0) is 11.3. The summed E-state index contributed by atoms with van der Waals surface area (Å²) in [7, 11) is 0. The lowest BCUT2D eigenvalue weighted by Crippen LogP contribution is -2.16. The van der Waals surface area contributed by atoms with Gasteiger partial charge >= 0.3 is 0 Å². The van der Waals surface area contributed by atoms with E-state index in [-0.39, 0.29) is 0 Å². The molecule has 1 unspecified atom stereocenters. The highest BCUT2D eigenvalue weighted by Gasteiger charge is 2.04. The Labute approximate surface area is 99.8 Å². The van der Waals surface area contributed by atoms with E-state index in [9.17, 15) is 0 Å². The van der Waals surface area contributed by atoms with Gasteiger partial charge in [0.1, 0.15) is 11.0 Å². The van der Waals surface area contributed by atoms with Crippen molar-refractivity contribution in [1.29, 1.82) is 0 Å². The first kappa shape index (κ1) is 12.5. The van der Waals surface area contributed by atoms with E-state index in [0.717, 1.165) is 18.0 Å². The molecular formula is C10H16ClN3S. The van der Waals surface area contributed by atoms with Crippen molar-refractivity contribution in [3.63, 3.8) is 0 Å². The molecule has 0 radical (unpaired) electrons. The quantitative estimate of drug-likeness (QED) is 0.784. The average Bonchev–Trinajstić information content (AvgIpc) is 2.13. The van der Waals surface area contributed by atoms with Gasteiger partial charge in [-0.15, -0.1) is 0 Å². The monoisotopic (exact) mass is 245 g/mol. The molecule has 15 heavy (non-hydrogen) atoms. The Morgan fingerprint density at radius 3 is 2.93 bits per heavy atom. The maximum atomic E-state index is 5.80. The number of thioether (sulfide) groups is 1. The number of anilines is 2. The molecule has 0 aromatic carbocycles. The average molecular weight is 246 g/mol. The minimum atomic E-state index is 0.378. The van der Waals surface area contributed by atoms with Crippen molar-refractivity contribution in [3.8, 4) is 0 Å². The van der Waals surface area contributed by atoms with E-state index in [1.54, 1.807) is 12.1 Å². The van der Waals surface area contributed by atoms with Crippen LogP contribution in [0, 0.1) is 0 Å². The Morgan fingerprint density at radius 1 is 1.60 bits per heavy atom. The Kier molecular flexibility index (Phi) is 5.05. The molecule has 5 heteroatoms. The molecule has 0 amide bonds. The smallest absolute Gasteiger partial charge is 0.133 e. The highest BCUT2D eigenvalue weighted by Crippen LogP contribution is 2.17. The summed E-state index contributed by atoms with van der Waals surface area (Å²) in [5, 5.41) is 3.69. The maximum Gasteiger partial charge on any atom is 0.133 e. The summed E-state index contributed by atoms with van der Waals surface area (Å²) in [6.45, 7) is 2.12. The predicted octanol–water partition coefficient (Wildman–Crippen LogP) is 2.87. The van der Waals surface area contributed by atoms with Gasteiger partial charge in [-0.2, -0.15) is 11.8 Å². The lowest BCUT2D eigenvalue weighted by atomic mass is 10.2. The van der Waals surface area contributed by atoms with Gasteiger partial charge in [-0.1, -0.05) is 11.6 Å². The minimum Gasteiger partial charge on any atom is -0.399 e. The number of nitrogens with zero attached hydrogens (tertiary/aromatic N) is 1. The topological polar surface area (TPSA) is 50.9 Å². The second-order valence-electron chi connectivity index (χ2n) is 3.44. The molecule has 0 aliphatic heterocycles. The third-order valence-corrected chi connectivity index (χ3v) is 2.80. The second-order valence-corrected chi connectivity index (χ2v) is 4.81. The summed E-state index contributed by atoms with van der Waals surface area (Å²) in [6, 6.07) is 3.81. The van der Waals surface area contributed by atoms with Crippen molar-refractivity contribution >= 4 is 34.9 Å². The van der Waals surface area contributed by atoms with Gasteiger partial charge in [0.25, 0.3) is 0 Å². The molecule has 0 spiro atoms. The molecule has 0 fully saturated rings. The van der Waals surface area contributed by atoms with Gasteiger partial charge in [0, 0.05) is 17.8 Å². The standard InChI is InChI=1S/C10H16ClN3S/c1-7(3-4-15-2)13-10-6-8(12)5-9(11)14-10/h5-7H,3-4H2,1-2H3,(H3,12,13,14). The zero-order valence-corrected chi connectivity index (χ0v) is 10.5. The van der Waals surface area contributed by atoms with Crippen molar-refractivity contribution in [1.82, 2.24) is 4.98 Å². The van der Waals surface area contributed by atoms with Gasteiger partial charge in [0.2, 0.25) is 0 Å². The molecule has 84 valence electrons. The number of halogens is 1. The summed E-state index contributed by atoms with van der Waals surface area (Å²) in [5.41, 5.74) is 6.30. The van der Waals surface area contributed by atoms with Crippen LogP contribution >= 0.6 is 23.4 Å². The number of nitrogen functional groups attached to an aromatic ring is 1. The number of hydrogen-bond acceptors (Lipinski definition) is 4. The summed E-state index contributed by atoms with van der Waals surface area (Å²) >= 11 is 7.64. The normalized spacial score (nSPS) is 12.5. The van der Waals surface area contributed by atoms with Crippen LogP contribution in [0.4, 0.5) is 11.5 Å². The number of hydrogen-bond donors (Lipinski definition) is 2. The van der Waals surface area contributed by atoms with Gasteiger partial charge in [0.05, 0.1) is 0 Å². The van der Waals surface area contributed by atoms with E-state index in [4.69, 9.17) is 17.3 Å². The Hall–Kier alpha value is -0.610. The third kappa shape index (κ3) is 4.62. The fourth-order valence-electron chi connectivity index (χ4n) is 1.21. The van der Waals surface area contributed by atoms with Crippen LogP contribution in [0.5, 0.6) is 0 Å². The van der Waals surface area contributed by atoms with Gasteiger partial charge in [-0.25, -0.2) is 4.98 Å². The fraction of sp³-hybridized carbons (Fsp3) is 0.500. The van der Waals surface area contributed by atoms with Crippen LogP contribution < -0.4 is 11.1 Å². The van der Waals surface area contributed by atoms with Gasteiger partial charge in [-0.05, 0) is 31.4 Å². The van der Waals surface area contributed by atoms with Crippen LogP contribution in [0.2, 0.25) is 5.15 Å². The predicted molar refractivity (Wildman–Crippen MR) is 69.7 cm³/mol. The van der Waals surface area contributed by atoms with Crippen molar-refractivity contribution < 1.29 is 0 Å². The molecular weight excluding hydrogens is 230 g/mol. The van der Waals surface area contributed by atoms with Gasteiger partial charge in [0.15, 0.2) is 0 Å². The van der Waals surface area contributed by atoms with E-state index in [2.05, 4.69) is 23.5 Å². The summed E-state index contributed by atoms with van der Waals surface area (Å²) in [6.07, 6.45) is 3.19. The molecule has 0 bridgehead atoms. The van der Waals surface area contributed by atoms with Crippen molar-refractivity contribution in [2.24, 2.45) is 0 Å². The minimum absolute atomic E-state index is 0.378. The molecule has 1 atom stereocenters. The van der Waals surface area contributed by atoms with E-state index in [1.165, 1.54) is 0 Å². The van der Waals surface area contributed by atoms with E-state index < -0.39 is 0 Å². The lowest BCUT2D eigenvalue weighted by Gasteiger charge is -2.14. The number of nitrogens with one attached hydrogen (secondary N) is 1. The van der Waals surface area contributed by atoms with Crippen LogP contribution in [0.25, 0.3) is 0 Å². The van der Waals surface area contributed by atoms with E-state index in [1.807, 2.05) is 11.8 Å². The van der Waals surface area contributed by atoms with Gasteiger partial charge in [-0.3, -0.25) is 0 Å². The maximum absolute atomic E-state index is 5.80. The Bertz CT molecular complexity index is 299. The molecule has 0 saturated heterocycles. The van der Waals surface area contributed by atoms with Crippen LogP contribution in [-0.4, -0.2) is 23.0 Å². The first-order chi connectivity index (χ1) is 7.11. The number of pyridine rings is 1. The number of aromatic nitrogens is 1. The Morgan fingerprint density at radius 2 is 2.33 bits per heavy atom. The van der Waals surface area contributed by atoms with Crippen LogP contribution in [0.15, 0.2) is 12.1 Å². The van der Waals surface area contributed by atoms with E-state index >= 15 is 0 Å². The second kappa shape index (κ2) is 6.08. The zero-order valence-electron chi connectivity index (χ0n) is 8.96. The number of rotatable bonds is 5. The van der Waals surface area contributed by atoms with Crippen LogP contribution in [0.1, 0.15) is 13.3 Å². The molecule has 1 rings (SSSR count). The Balaban J connectivity index is 2.56. The molecule has 0 aliphatic carbocycles. The molecule has 1 heterocycles. The van der Waals surface area contributed by atoms with Gasteiger partial charge < -0.3 is 11.1 Å². The molecule has 3 N–H and O–H groups in total. The highest BCUT2D eigenvalue weighted by atomic mass is 35.5. The summed E-state index contributed by atoms with van der Waals surface area (Å²) in [5.74, 6) is 1.87. The summed E-state index contributed by atoms with van der Waals surface area (Å²) < 4.78 is 0. The molecule has 3 nitrogen and oxygen atoms in total. The summed E-state index contributed by atoms with van der Waals surface area (Å²) in [4.78, 5) is 4.15. The molecule has 0 aliphatic rings. The van der Waals surface area contributed by atoms with E-state index in [0.29, 0.717) is 16.9 Å². The molecule has 1 aromatic rings. The van der Waals surface area contributed by atoms with Crippen molar-refractivity contribution in [2.75, 3.05) is 23.1 Å². The number of nitrogens with two attached hydrogens (primary N) is 1. The van der Waals surface area contributed by atoms with Crippen molar-refractivity contribution in [2.45, 2.75) is 19.4 Å². The fourth-order valence-corrected chi connectivity index (χ4v) is 2.02. The first-order valence-electron chi connectivity index (χ1n) is 4.80. The van der Waals surface area contributed by atoms with Crippen molar-refractivity contribution in [3.05, 3.63) is 17.3 Å². The lowest BCUT2D eigenvalue weighted by molar-refractivity contribution is 0.767. The molecule has 1 aromatic heterocycles. The van der Waals surface area contributed by atoms with Crippen LogP contribution in [0.3, 0.4) is 0 Å². The third-order valence-electron chi connectivity index (χ3n) is 1.97. The molecule has 0 saturated carbocycles. The SMILES string of the molecule is CSCCC(C)Nc1cc(N)cc(Cl)n1.